The molecule has 0 spiro atoms. The highest BCUT2D eigenvalue weighted by molar-refractivity contribution is 7.14. The van der Waals surface area contributed by atoms with Crippen LogP contribution in [-0.4, -0.2) is 15.2 Å². The fourth-order valence-electron chi connectivity index (χ4n) is 5.34. The summed E-state index contributed by atoms with van der Waals surface area (Å²) in [5, 5.41) is 4.20. The van der Waals surface area contributed by atoms with E-state index in [0.717, 1.165) is 5.75 Å². The Morgan fingerprint density at radius 1 is 0.667 bits per heavy atom. The van der Waals surface area contributed by atoms with Crippen LogP contribution in [0, 0.1) is 0 Å². The lowest BCUT2D eigenvalue weighted by molar-refractivity contribution is 0.415. The Balaban J connectivity index is 2.16. The lowest BCUT2D eigenvalue weighted by Crippen LogP contribution is -2.73. The lowest BCUT2D eigenvalue weighted by Gasteiger charge is -2.47. The van der Waals surface area contributed by atoms with E-state index in [1.807, 2.05) is 0 Å². The smallest absolute Gasteiger partial charge is 0.161 e. The van der Waals surface area contributed by atoms with Gasteiger partial charge in [-0.3, -0.25) is 0 Å². The van der Waals surface area contributed by atoms with Gasteiger partial charge in [0.1, 0.15) is 5.75 Å². The second-order valence-corrected chi connectivity index (χ2v) is 12.8. The number of benzene rings is 3. The second-order valence-electron chi connectivity index (χ2n) is 8.49. The molecule has 0 saturated heterocycles. The van der Waals surface area contributed by atoms with E-state index in [-0.39, 0.29) is 5.04 Å². The minimum absolute atomic E-state index is 0.0710. The van der Waals surface area contributed by atoms with Crippen LogP contribution in [0.4, 0.5) is 0 Å². The summed E-state index contributed by atoms with van der Waals surface area (Å²) < 4.78 is 5.49. The molecule has 0 bridgehead atoms. The van der Waals surface area contributed by atoms with Crippen molar-refractivity contribution in [2.75, 3.05) is 7.11 Å². The molecule has 1 aliphatic rings. The van der Waals surface area contributed by atoms with Crippen LogP contribution in [0.15, 0.2) is 108 Å². The van der Waals surface area contributed by atoms with Crippen molar-refractivity contribution in [2.24, 2.45) is 0 Å². The van der Waals surface area contributed by atoms with E-state index in [1.54, 1.807) is 7.11 Å². The molecule has 4 rings (SSSR count). The van der Waals surface area contributed by atoms with Gasteiger partial charge in [-0.1, -0.05) is 96.9 Å². The minimum Gasteiger partial charge on any atom is -0.497 e. The molecule has 30 heavy (non-hydrogen) atoms. The summed E-state index contributed by atoms with van der Waals surface area (Å²) in [4.78, 5) is 0. The molecule has 0 N–H and O–H groups in total. The SMILES string of the molecule is COc1ccc([Si](c2ccccc2)(c2ccccc2)C2(C)C=C(C)C(C)=C2C)cc1. The van der Waals surface area contributed by atoms with Crippen LogP contribution >= 0.6 is 0 Å². The van der Waals surface area contributed by atoms with E-state index in [4.69, 9.17) is 4.74 Å². The first kappa shape index (κ1) is 20.4. The summed E-state index contributed by atoms with van der Waals surface area (Å²) in [7, 11) is -0.756. The first-order valence-electron chi connectivity index (χ1n) is 10.6. The van der Waals surface area contributed by atoms with E-state index in [2.05, 4.69) is 119 Å². The molecule has 1 atom stereocenters. The Bertz CT molecular complexity index is 1050. The van der Waals surface area contributed by atoms with Gasteiger partial charge in [0.2, 0.25) is 0 Å². The summed E-state index contributed by atoms with van der Waals surface area (Å²) in [5.41, 5.74) is 4.30. The zero-order valence-electron chi connectivity index (χ0n) is 18.6. The van der Waals surface area contributed by atoms with Crippen LogP contribution in [0.5, 0.6) is 5.75 Å². The summed E-state index contributed by atoms with van der Waals surface area (Å²) in [6.07, 6.45) is 2.54. The third-order valence-electron chi connectivity index (χ3n) is 7.15. The molecular weight excluding hydrogens is 380 g/mol. The number of ether oxygens (including phenoxy) is 1. The summed E-state index contributed by atoms with van der Waals surface area (Å²) in [5.74, 6) is 0.898. The maximum Gasteiger partial charge on any atom is 0.161 e. The fourth-order valence-corrected chi connectivity index (χ4v) is 11.4. The van der Waals surface area contributed by atoms with Crippen LogP contribution in [-0.2, 0) is 0 Å². The third kappa shape index (κ3) is 2.90. The molecule has 3 aromatic rings. The highest BCUT2D eigenvalue weighted by Crippen LogP contribution is 2.52. The van der Waals surface area contributed by atoms with Crippen molar-refractivity contribution in [2.45, 2.75) is 32.7 Å². The number of allylic oxidation sites excluding steroid dienone is 4. The van der Waals surface area contributed by atoms with E-state index in [9.17, 15) is 0 Å². The van der Waals surface area contributed by atoms with Crippen molar-refractivity contribution in [3.05, 3.63) is 108 Å². The van der Waals surface area contributed by atoms with E-state index >= 15 is 0 Å². The van der Waals surface area contributed by atoms with Crippen molar-refractivity contribution in [1.29, 1.82) is 0 Å². The van der Waals surface area contributed by atoms with Gasteiger partial charge in [0.05, 0.1) is 7.11 Å². The van der Waals surface area contributed by atoms with Crippen molar-refractivity contribution in [1.82, 2.24) is 0 Å². The zero-order chi connectivity index (χ0) is 21.4. The van der Waals surface area contributed by atoms with Gasteiger partial charge in [0.15, 0.2) is 8.07 Å². The van der Waals surface area contributed by atoms with E-state index < -0.39 is 8.07 Å². The summed E-state index contributed by atoms with van der Waals surface area (Å²) in [6.45, 7) is 9.32. The van der Waals surface area contributed by atoms with Gasteiger partial charge in [-0.2, -0.15) is 0 Å². The molecule has 0 fully saturated rings. The highest BCUT2D eigenvalue weighted by Gasteiger charge is 2.55. The molecule has 1 aliphatic carbocycles. The predicted molar refractivity (Wildman–Crippen MR) is 131 cm³/mol. The molecule has 3 aromatic carbocycles. The molecule has 0 aliphatic heterocycles. The van der Waals surface area contributed by atoms with Gasteiger partial charge in [-0.05, 0) is 54.0 Å². The van der Waals surface area contributed by atoms with Gasteiger partial charge in [0.25, 0.3) is 0 Å². The van der Waals surface area contributed by atoms with Crippen LogP contribution in [0.1, 0.15) is 27.7 Å². The molecule has 1 nitrogen and oxygen atoms in total. The predicted octanol–water partition coefficient (Wildman–Crippen LogP) is 5.22. The maximum absolute atomic E-state index is 5.49. The van der Waals surface area contributed by atoms with Gasteiger partial charge in [-0.25, -0.2) is 0 Å². The summed E-state index contributed by atoms with van der Waals surface area (Å²) >= 11 is 0. The number of hydrogen-bond acceptors (Lipinski definition) is 1. The van der Waals surface area contributed by atoms with Gasteiger partial charge >= 0.3 is 0 Å². The second kappa shape index (κ2) is 7.77. The average molecular weight is 411 g/mol. The molecule has 0 saturated carbocycles. The van der Waals surface area contributed by atoms with E-state index in [1.165, 1.54) is 32.3 Å². The standard InChI is InChI=1S/C28H30OSi/c1-21-20-28(4,23(3)22(21)2)30(25-12-8-6-9-13-25,26-14-10-7-11-15-26)27-18-16-24(29-5)17-19-27/h6-20H,1-5H3. The first-order chi connectivity index (χ1) is 14.4. The Hall–Kier alpha value is -2.84. The van der Waals surface area contributed by atoms with Gasteiger partial charge in [-0.15, -0.1) is 0 Å². The lowest BCUT2D eigenvalue weighted by atomic mass is 10.0. The molecule has 0 heterocycles. The number of hydrogen-bond donors (Lipinski definition) is 0. The van der Waals surface area contributed by atoms with Crippen LogP contribution in [0.25, 0.3) is 0 Å². The molecule has 0 aromatic heterocycles. The zero-order valence-corrected chi connectivity index (χ0v) is 19.6. The number of methoxy groups -OCH3 is 1. The third-order valence-corrected chi connectivity index (χ3v) is 12.8. The Morgan fingerprint density at radius 2 is 1.13 bits per heavy atom. The van der Waals surface area contributed by atoms with Gasteiger partial charge in [0, 0.05) is 5.04 Å². The largest absolute Gasteiger partial charge is 0.497 e. The number of rotatable bonds is 5. The van der Waals surface area contributed by atoms with Crippen molar-refractivity contribution < 1.29 is 4.74 Å². The average Bonchev–Trinajstić information content (AvgIpc) is 2.99. The molecule has 0 radical (unpaired) electrons. The van der Waals surface area contributed by atoms with E-state index in [0.29, 0.717) is 0 Å². The molecular formula is C28H30OSi. The topological polar surface area (TPSA) is 9.23 Å². The van der Waals surface area contributed by atoms with Crippen LogP contribution in [0.2, 0.25) is 5.04 Å². The molecule has 1 unspecified atom stereocenters. The monoisotopic (exact) mass is 410 g/mol. The summed E-state index contributed by atoms with van der Waals surface area (Å²) in [6, 6.07) is 31.1. The first-order valence-corrected chi connectivity index (χ1v) is 12.6. The van der Waals surface area contributed by atoms with Gasteiger partial charge < -0.3 is 4.74 Å². The molecule has 0 amide bonds. The molecule has 2 heteroatoms. The van der Waals surface area contributed by atoms with Crippen molar-refractivity contribution >= 4 is 23.6 Å². The normalized spacial score (nSPS) is 19.0. The van der Waals surface area contributed by atoms with Crippen LogP contribution in [0.3, 0.4) is 0 Å². The Kier molecular flexibility index (Phi) is 5.29. The minimum atomic E-state index is -2.49. The Morgan fingerprint density at radius 3 is 1.53 bits per heavy atom. The highest BCUT2D eigenvalue weighted by atomic mass is 28.3. The maximum atomic E-state index is 5.49. The van der Waals surface area contributed by atoms with Crippen LogP contribution < -0.4 is 20.3 Å². The quantitative estimate of drug-likeness (QED) is 0.414. The van der Waals surface area contributed by atoms with Crippen molar-refractivity contribution in [3.8, 4) is 5.75 Å². The molecule has 152 valence electrons. The van der Waals surface area contributed by atoms with Crippen molar-refractivity contribution in [3.63, 3.8) is 0 Å². The fraction of sp³-hybridized carbons (Fsp3) is 0.214. The Labute approximate surface area is 181 Å².